The van der Waals surface area contributed by atoms with Crippen molar-refractivity contribution in [1.29, 1.82) is 0 Å². The average Bonchev–Trinajstić information content (AvgIpc) is 2.83. The van der Waals surface area contributed by atoms with Gasteiger partial charge in [0.2, 0.25) is 0 Å². The molecule has 1 heterocycles. The van der Waals surface area contributed by atoms with Gasteiger partial charge in [-0.05, 0) is 52.0 Å². The number of halogens is 1. The van der Waals surface area contributed by atoms with Crippen molar-refractivity contribution in [2.75, 3.05) is 6.54 Å². The van der Waals surface area contributed by atoms with Gasteiger partial charge in [0.05, 0.1) is 22.8 Å². The van der Waals surface area contributed by atoms with Crippen molar-refractivity contribution in [3.63, 3.8) is 0 Å². The molecule has 2 rings (SSSR count). The summed E-state index contributed by atoms with van der Waals surface area (Å²) >= 11 is 1.58. The van der Waals surface area contributed by atoms with Crippen LogP contribution in [-0.2, 0) is 16.7 Å². The summed E-state index contributed by atoms with van der Waals surface area (Å²) in [7, 11) is 0. The van der Waals surface area contributed by atoms with Crippen LogP contribution >= 0.6 is 11.8 Å². The smallest absolute Gasteiger partial charge is 0.407 e. The number of aryl methyl sites for hydroxylation is 1. The van der Waals surface area contributed by atoms with Gasteiger partial charge in [-0.25, -0.2) is 9.18 Å². The zero-order valence-corrected chi connectivity index (χ0v) is 18.5. The van der Waals surface area contributed by atoms with Crippen molar-refractivity contribution >= 4 is 17.9 Å². The fourth-order valence-electron chi connectivity index (χ4n) is 2.78. The maximum Gasteiger partial charge on any atom is 0.407 e. The van der Waals surface area contributed by atoms with Crippen LogP contribution in [0.25, 0.3) is 0 Å². The van der Waals surface area contributed by atoms with Gasteiger partial charge in [0.15, 0.2) is 0 Å². The Hall–Kier alpha value is -2.02. The fraction of sp³-hybridized carbons (Fsp3) is 0.524. The maximum absolute atomic E-state index is 13.2. The predicted octanol–water partition coefficient (Wildman–Crippen LogP) is 5.30. The van der Waals surface area contributed by atoms with E-state index in [1.54, 1.807) is 23.9 Å². The number of aromatic nitrogens is 2. The van der Waals surface area contributed by atoms with E-state index in [9.17, 15) is 9.18 Å². The SMILES string of the molecule is Cc1nn(CCNC(=O)OC(C)(C)C)c(C(C)(C)C)c1Sc1ccc(F)cc1. The molecule has 0 unspecified atom stereocenters. The molecule has 0 fully saturated rings. The van der Waals surface area contributed by atoms with E-state index < -0.39 is 11.7 Å². The van der Waals surface area contributed by atoms with Crippen molar-refractivity contribution in [3.05, 3.63) is 41.5 Å². The molecule has 154 valence electrons. The number of ether oxygens (including phenoxy) is 1. The standard InChI is InChI=1S/C21H30FN3O2S/c1-14-17(28-16-10-8-15(22)9-11-16)18(20(2,3)4)25(24-14)13-12-23-19(26)27-21(5,6)7/h8-11H,12-13H2,1-7H3,(H,23,26). The molecule has 0 radical (unpaired) electrons. The number of hydrogen-bond acceptors (Lipinski definition) is 4. The van der Waals surface area contributed by atoms with Crippen LogP contribution in [0, 0.1) is 12.7 Å². The molecule has 1 aromatic heterocycles. The molecule has 0 spiro atoms. The molecule has 1 amide bonds. The van der Waals surface area contributed by atoms with Gasteiger partial charge in [-0.1, -0.05) is 32.5 Å². The lowest BCUT2D eigenvalue weighted by Gasteiger charge is -2.23. The van der Waals surface area contributed by atoms with E-state index in [0.717, 1.165) is 21.2 Å². The van der Waals surface area contributed by atoms with Crippen molar-refractivity contribution in [3.8, 4) is 0 Å². The molecule has 0 bridgehead atoms. The van der Waals surface area contributed by atoms with Crippen LogP contribution in [0.4, 0.5) is 9.18 Å². The highest BCUT2D eigenvalue weighted by Gasteiger charge is 2.27. The minimum absolute atomic E-state index is 0.143. The van der Waals surface area contributed by atoms with Gasteiger partial charge >= 0.3 is 6.09 Å². The van der Waals surface area contributed by atoms with Gasteiger partial charge in [0, 0.05) is 16.9 Å². The van der Waals surface area contributed by atoms with E-state index in [1.165, 1.54) is 12.1 Å². The Morgan fingerprint density at radius 1 is 1.18 bits per heavy atom. The lowest BCUT2D eigenvalue weighted by molar-refractivity contribution is 0.0525. The molecule has 0 saturated heterocycles. The van der Waals surface area contributed by atoms with Crippen LogP contribution < -0.4 is 5.32 Å². The third-order valence-electron chi connectivity index (χ3n) is 3.81. The summed E-state index contributed by atoms with van der Waals surface area (Å²) in [6.07, 6.45) is -0.436. The van der Waals surface area contributed by atoms with Crippen LogP contribution in [0.1, 0.15) is 52.9 Å². The second kappa shape index (κ2) is 8.55. The first-order valence-corrected chi connectivity index (χ1v) is 10.2. The summed E-state index contributed by atoms with van der Waals surface area (Å²) < 4.78 is 20.4. The second-order valence-electron chi connectivity index (χ2n) is 8.72. The van der Waals surface area contributed by atoms with Gasteiger partial charge in [-0.3, -0.25) is 4.68 Å². The summed E-state index contributed by atoms with van der Waals surface area (Å²) in [5.74, 6) is -0.249. The first-order chi connectivity index (χ1) is 12.9. The van der Waals surface area contributed by atoms with E-state index in [2.05, 4.69) is 26.1 Å². The molecular weight excluding hydrogens is 377 g/mol. The molecule has 1 N–H and O–H groups in total. The zero-order chi connectivity index (χ0) is 21.1. The van der Waals surface area contributed by atoms with Gasteiger partial charge in [-0.15, -0.1) is 0 Å². The summed E-state index contributed by atoms with van der Waals surface area (Å²) in [5, 5.41) is 7.47. The van der Waals surface area contributed by atoms with Crippen molar-refractivity contribution in [1.82, 2.24) is 15.1 Å². The van der Waals surface area contributed by atoms with Crippen LogP contribution in [0.3, 0.4) is 0 Å². The normalized spacial score (nSPS) is 12.1. The first-order valence-electron chi connectivity index (χ1n) is 9.35. The molecule has 2 aromatic rings. The molecule has 0 aliphatic heterocycles. The molecule has 1 aromatic carbocycles. The van der Waals surface area contributed by atoms with Gasteiger partial charge < -0.3 is 10.1 Å². The molecule has 0 saturated carbocycles. The van der Waals surface area contributed by atoms with E-state index in [0.29, 0.717) is 13.1 Å². The molecule has 0 atom stereocenters. The number of alkyl carbamates (subject to hydrolysis) is 1. The van der Waals surface area contributed by atoms with Crippen LogP contribution in [0.5, 0.6) is 0 Å². The summed E-state index contributed by atoms with van der Waals surface area (Å²) in [6.45, 7) is 14.8. The largest absolute Gasteiger partial charge is 0.444 e. The van der Waals surface area contributed by atoms with E-state index in [4.69, 9.17) is 9.84 Å². The summed E-state index contributed by atoms with van der Waals surface area (Å²) in [6, 6.07) is 6.47. The number of amides is 1. The van der Waals surface area contributed by atoms with Crippen molar-refractivity contribution in [2.45, 2.75) is 75.8 Å². The minimum Gasteiger partial charge on any atom is -0.444 e. The highest BCUT2D eigenvalue weighted by atomic mass is 32.2. The van der Waals surface area contributed by atoms with E-state index in [-0.39, 0.29) is 11.2 Å². The second-order valence-corrected chi connectivity index (χ2v) is 9.80. The maximum atomic E-state index is 13.2. The Kier molecular flexibility index (Phi) is 6.80. The molecule has 0 aliphatic carbocycles. The fourth-order valence-corrected chi connectivity index (χ4v) is 3.98. The van der Waals surface area contributed by atoms with Crippen LogP contribution in [0.15, 0.2) is 34.1 Å². The molecule has 28 heavy (non-hydrogen) atoms. The molecule has 5 nitrogen and oxygen atoms in total. The molecule has 7 heteroatoms. The quantitative estimate of drug-likeness (QED) is 0.730. The van der Waals surface area contributed by atoms with Crippen molar-refractivity contribution < 1.29 is 13.9 Å². The average molecular weight is 408 g/mol. The van der Waals surface area contributed by atoms with E-state index >= 15 is 0 Å². The van der Waals surface area contributed by atoms with Gasteiger partial charge in [0.25, 0.3) is 0 Å². The van der Waals surface area contributed by atoms with Gasteiger partial charge in [-0.2, -0.15) is 5.10 Å². The predicted molar refractivity (Wildman–Crippen MR) is 110 cm³/mol. The number of benzene rings is 1. The topological polar surface area (TPSA) is 56.2 Å². The number of nitrogens with zero attached hydrogens (tertiary/aromatic N) is 2. The van der Waals surface area contributed by atoms with Crippen LogP contribution in [0.2, 0.25) is 0 Å². The first kappa shape index (κ1) is 22.3. The lowest BCUT2D eigenvalue weighted by Crippen LogP contribution is -2.34. The third-order valence-corrected chi connectivity index (χ3v) is 5.01. The monoisotopic (exact) mass is 407 g/mol. The molecular formula is C21H30FN3O2S. The molecule has 0 aliphatic rings. The minimum atomic E-state index is -0.526. The summed E-state index contributed by atoms with van der Waals surface area (Å²) in [4.78, 5) is 13.9. The van der Waals surface area contributed by atoms with Crippen molar-refractivity contribution in [2.24, 2.45) is 0 Å². The zero-order valence-electron chi connectivity index (χ0n) is 17.7. The number of carbonyl (C=O) groups excluding carboxylic acids is 1. The Labute approximate surface area is 171 Å². The van der Waals surface area contributed by atoms with E-state index in [1.807, 2.05) is 32.4 Å². The Balaban J connectivity index is 2.18. The third kappa shape index (κ3) is 6.26. The lowest BCUT2D eigenvalue weighted by atomic mass is 9.91. The van der Waals surface area contributed by atoms with Gasteiger partial charge in [0.1, 0.15) is 11.4 Å². The Morgan fingerprint density at radius 2 is 1.79 bits per heavy atom. The highest BCUT2D eigenvalue weighted by Crippen LogP contribution is 2.38. The number of carbonyl (C=O) groups is 1. The highest BCUT2D eigenvalue weighted by molar-refractivity contribution is 7.99. The summed E-state index contributed by atoms with van der Waals surface area (Å²) in [5.41, 5.74) is 1.33. The Morgan fingerprint density at radius 3 is 2.32 bits per heavy atom. The van der Waals surface area contributed by atoms with Crippen LogP contribution in [-0.4, -0.2) is 28.0 Å². The number of nitrogens with one attached hydrogen (secondary N) is 1. The number of rotatable bonds is 5. The number of hydrogen-bond donors (Lipinski definition) is 1. The Bertz CT molecular complexity index is 818.